The van der Waals surface area contributed by atoms with E-state index in [4.69, 9.17) is 11.6 Å². The van der Waals surface area contributed by atoms with Gasteiger partial charge in [0.2, 0.25) is 0 Å². The van der Waals surface area contributed by atoms with Gasteiger partial charge in [-0.1, -0.05) is 72.3 Å². The third-order valence-corrected chi connectivity index (χ3v) is 3.92. The Morgan fingerprint density at radius 3 is 2.08 bits per heavy atom. The SMILES string of the molecule is O=C(Nc1ccccc1)N(Cc1ccccc1)c1ccccc1Cl. The third kappa shape index (κ3) is 3.94. The van der Waals surface area contributed by atoms with E-state index in [0.717, 1.165) is 11.3 Å². The highest BCUT2D eigenvalue weighted by molar-refractivity contribution is 6.33. The number of hydrogen-bond donors (Lipinski definition) is 1. The van der Waals surface area contributed by atoms with Crippen LogP contribution in [0.25, 0.3) is 0 Å². The number of amides is 2. The molecule has 0 spiro atoms. The molecular weight excluding hydrogens is 320 g/mol. The van der Waals surface area contributed by atoms with Crippen LogP contribution in [-0.4, -0.2) is 6.03 Å². The monoisotopic (exact) mass is 336 g/mol. The largest absolute Gasteiger partial charge is 0.326 e. The molecular formula is C20H17ClN2O. The number of rotatable bonds is 4. The summed E-state index contributed by atoms with van der Waals surface area (Å²) in [6.07, 6.45) is 0. The smallest absolute Gasteiger partial charge is 0.308 e. The topological polar surface area (TPSA) is 32.3 Å². The van der Waals surface area contributed by atoms with E-state index in [1.165, 1.54) is 0 Å². The van der Waals surface area contributed by atoms with Crippen molar-refractivity contribution in [2.45, 2.75) is 6.54 Å². The van der Waals surface area contributed by atoms with Gasteiger partial charge >= 0.3 is 6.03 Å². The van der Waals surface area contributed by atoms with Crippen LogP contribution in [0.1, 0.15) is 5.56 Å². The Morgan fingerprint density at radius 1 is 0.833 bits per heavy atom. The predicted molar refractivity (Wildman–Crippen MR) is 99.5 cm³/mol. The van der Waals surface area contributed by atoms with Crippen LogP contribution in [0, 0.1) is 0 Å². The maximum Gasteiger partial charge on any atom is 0.326 e. The highest BCUT2D eigenvalue weighted by Gasteiger charge is 2.18. The molecule has 1 N–H and O–H groups in total. The standard InChI is InChI=1S/C20H17ClN2O/c21-18-13-7-8-14-19(18)23(15-16-9-3-1-4-10-16)20(24)22-17-11-5-2-6-12-17/h1-14H,15H2,(H,22,24). The second-order valence-electron chi connectivity index (χ2n) is 5.32. The molecule has 0 atom stereocenters. The molecule has 3 rings (SSSR count). The number of para-hydroxylation sites is 2. The van der Waals surface area contributed by atoms with Crippen LogP contribution in [0.3, 0.4) is 0 Å². The molecule has 0 unspecified atom stereocenters. The lowest BCUT2D eigenvalue weighted by Crippen LogP contribution is -2.34. The van der Waals surface area contributed by atoms with Gasteiger partial charge in [0, 0.05) is 5.69 Å². The third-order valence-electron chi connectivity index (χ3n) is 3.60. The van der Waals surface area contributed by atoms with Crippen LogP contribution in [0.4, 0.5) is 16.2 Å². The maximum atomic E-state index is 12.8. The minimum absolute atomic E-state index is 0.224. The highest BCUT2D eigenvalue weighted by Crippen LogP contribution is 2.27. The zero-order valence-electron chi connectivity index (χ0n) is 13.0. The quantitative estimate of drug-likeness (QED) is 0.662. The average molecular weight is 337 g/mol. The van der Waals surface area contributed by atoms with Gasteiger partial charge in [0.25, 0.3) is 0 Å². The highest BCUT2D eigenvalue weighted by atomic mass is 35.5. The lowest BCUT2D eigenvalue weighted by atomic mass is 10.2. The lowest BCUT2D eigenvalue weighted by molar-refractivity contribution is 0.256. The van der Waals surface area contributed by atoms with Gasteiger partial charge in [-0.3, -0.25) is 4.90 Å². The number of carbonyl (C=O) groups excluding carboxylic acids is 1. The van der Waals surface area contributed by atoms with Crippen LogP contribution >= 0.6 is 11.6 Å². The Hall–Kier alpha value is -2.78. The van der Waals surface area contributed by atoms with Gasteiger partial charge in [-0.05, 0) is 29.8 Å². The summed E-state index contributed by atoms with van der Waals surface area (Å²) >= 11 is 6.31. The molecule has 0 aromatic heterocycles. The van der Waals surface area contributed by atoms with Gasteiger partial charge in [0.15, 0.2) is 0 Å². The molecule has 24 heavy (non-hydrogen) atoms. The summed E-state index contributed by atoms with van der Waals surface area (Å²) in [5.74, 6) is 0. The molecule has 0 radical (unpaired) electrons. The van der Waals surface area contributed by atoms with Crippen LogP contribution < -0.4 is 10.2 Å². The number of nitrogens with one attached hydrogen (secondary N) is 1. The molecule has 4 heteroatoms. The number of carbonyl (C=O) groups is 1. The van der Waals surface area contributed by atoms with Gasteiger partial charge in [-0.15, -0.1) is 0 Å². The number of benzene rings is 3. The van der Waals surface area contributed by atoms with E-state index in [1.54, 1.807) is 11.0 Å². The van der Waals surface area contributed by atoms with Crippen LogP contribution in [0.5, 0.6) is 0 Å². The molecule has 2 amide bonds. The van der Waals surface area contributed by atoms with Crippen molar-refractivity contribution in [3.8, 4) is 0 Å². The van der Waals surface area contributed by atoms with Crippen molar-refractivity contribution < 1.29 is 4.79 Å². The Balaban J connectivity index is 1.89. The summed E-state index contributed by atoms with van der Waals surface area (Å²) in [5, 5.41) is 3.45. The molecule has 0 bridgehead atoms. The van der Waals surface area contributed by atoms with Crippen LogP contribution in [-0.2, 0) is 6.54 Å². The molecule has 0 fully saturated rings. The van der Waals surface area contributed by atoms with E-state index in [9.17, 15) is 4.79 Å². The molecule has 3 aromatic rings. The molecule has 0 heterocycles. The summed E-state index contributed by atoms with van der Waals surface area (Å²) < 4.78 is 0. The fraction of sp³-hybridized carbons (Fsp3) is 0.0500. The maximum absolute atomic E-state index is 12.8. The van der Waals surface area contributed by atoms with Crippen LogP contribution in [0.15, 0.2) is 84.9 Å². The number of anilines is 2. The first-order valence-corrected chi connectivity index (χ1v) is 8.04. The minimum Gasteiger partial charge on any atom is -0.308 e. The summed E-state index contributed by atoms with van der Waals surface area (Å²) in [6, 6.07) is 26.3. The van der Waals surface area contributed by atoms with Crippen molar-refractivity contribution in [3.63, 3.8) is 0 Å². The first-order valence-electron chi connectivity index (χ1n) is 7.66. The van der Waals surface area contributed by atoms with Crippen molar-refractivity contribution in [2.24, 2.45) is 0 Å². The molecule has 3 aromatic carbocycles. The first-order chi connectivity index (χ1) is 11.7. The Kier molecular flexibility index (Phi) is 5.14. The van der Waals surface area contributed by atoms with Gasteiger partial charge in [0.05, 0.1) is 17.3 Å². The van der Waals surface area contributed by atoms with Gasteiger partial charge < -0.3 is 5.32 Å². The number of nitrogens with zero attached hydrogens (tertiary/aromatic N) is 1. The number of hydrogen-bond acceptors (Lipinski definition) is 1. The molecule has 3 nitrogen and oxygen atoms in total. The first kappa shape index (κ1) is 16.1. The van der Waals surface area contributed by atoms with E-state index in [1.807, 2.05) is 78.9 Å². The minimum atomic E-state index is -0.224. The fourth-order valence-electron chi connectivity index (χ4n) is 2.42. The van der Waals surface area contributed by atoms with Crippen LogP contribution in [0.2, 0.25) is 5.02 Å². The average Bonchev–Trinajstić information content (AvgIpc) is 2.62. The molecule has 0 aliphatic heterocycles. The van der Waals surface area contributed by atoms with E-state index in [2.05, 4.69) is 5.32 Å². The van der Waals surface area contributed by atoms with Crippen molar-refractivity contribution in [2.75, 3.05) is 10.2 Å². The van der Waals surface area contributed by atoms with Crippen molar-refractivity contribution >= 4 is 29.0 Å². The molecule has 0 aliphatic rings. The molecule has 0 saturated heterocycles. The van der Waals surface area contributed by atoms with Crippen molar-refractivity contribution in [1.82, 2.24) is 0 Å². The fourth-order valence-corrected chi connectivity index (χ4v) is 2.65. The summed E-state index contributed by atoms with van der Waals surface area (Å²) in [6.45, 7) is 0.434. The van der Waals surface area contributed by atoms with Gasteiger partial charge in [-0.25, -0.2) is 4.79 Å². The summed E-state index contributed by atoms with van der Waals surface area (Å²) in [4.78, 5) is 14.5. The lowest BCUT2D eigenvalue weighted by Gasteiger charge is -2.24. The molecule has 120 valence electrons. The zero-order chi connectivity index (χ0) is 16.8. The van der Waals surface area contributed by atoms with Crippen molar-refractivity contribution in [1.29, 1.82) is 0 Å². The zero-order valence-corrected chi connectivity index (χ0v) is 13.8. The normalized spacial score (nSPS) is 10.2. The second kappa shape index (κ2) is 7.66. The number of urea groups is 1. The molecule has 0 aliphatic carbocycles. The summed E-state index contributed by atoms with van der Waals surface area (Å²) in [5.41, 5.74) is 2.45. The van der Waals surface area contributed by atoms with Gasteiger partial charge in [0.1, 0.15) is 0 Å². The van der Waals surface area contributed by atoms with E-state index < -0.39 is 0 Å². The van der Waals surface area contributed by atoms with Crippen molar-refractivity contribution in [3.05, 3.63) is 95.5 Å². The number of halogens is 1. The predicted octanol–water partition coefficient (Wildman–Crippen LogP) is 5.58. The van der Waals surface area contributed by atoms with E-state index >= 15 is 0 Å². The van der Waals surface area contributed by atoms with E-state index in [0.29, 0.717) is 17.3 Å². The van der Waals surface area contributed by atoms with E-state index in [-0.39, 0.29) is 6.03 Å². The Labute approximate surface area is 146 Å². The second-order valence-corrected chi connectivity index (χ2v) is 5.73. The Bertz CT molecular complexity index is 806. The van der Waals surface area contributed by atoms with Gasteiger partial charge in [-0.2, -0.15) is 0 Å². The molecule has 0 saturated carbocycles. The Morgan fingerprint density at radius 2 is 1.42 bits per heavy atom. The summed E-state index contributed by atoms with van der Waals surface area (Å²) in [7, 11) is 0.